The third-order valence-corrected chi connectivity index (χ3v) is 12.8. The quantitative estimate of drug-likeness (QED) is 0.282. The van der Waals surface area contributed by atoms with Crippen LogP contribution in [0.3, 0.4) is 0 Å². The van der Waals surface area contributed by atoms with Crippen molar-refractivity contribution < 1.29 is 35.4 Å². The molecule has 35 heavy (non-hydrogen) atoms. The Kier molecular flexibility index (Phi) is 4.62. The van der Waals surface area contributed by atoms with Crippen molar-refractivity contribution in [1.82, 2.24) is 4.90 Å². The van der Waals surface area contributed by atoms with Crippen LogP contribution in [0.25, 0.3) is 0 Å². The summed E-state index contributed by atoms with van der Waals surface area (Å²) in [4.78, 5) is 2.36. The van der Waals surface area contributed by atoms with Crippen LogP contribution in [-0.4, -0.2) is 95.6 Å². The second kappa shape index (κ2) is 6.81. The SMILES string of the molecule is C[C@H]1CC[C@@H]2N(C1)C[C@@H]1[C@H]([C@@H](O)[C@H](O)[C@]3(O)[C@H]1C[C@@]14O[C@@]5(O)[C@@H](CC[C@@H]31)[C@]4(C)CC[C@@H]5O)[C@]2(C)O. The van der Waals surface area contributed by atoms with E-state index in [1.54, 1.807) is 0 Å². The van der Waals surface area contributed by atoms with Crippen LogP contribution in [0.2, 0.25) is 0 Å². The third-order valence-electron chi connectivity index (χ3n) is 12.8. The molecule has 3 heterocycles. The van der Waals surface area contributed by atoms with Crippen LogP contribution in [0, 0.1) is 40.9 Å². The second-order valence-corrected chi connectivity index (χ2v) is 14.1. The maximum absolute atomic E-state index is 12.5. The van der Waals surface area contributed by atoms with Gasteiger partial charge in [0.15, 0.2) is 5.79 Å². The molecule has 3 saturated heterocycles. The molecule has 4 aliphatic carbocycles. The van der Waals surface area contributed by atoms with Gasteiger partial charge >= 0.3 is 0 Å². The fraction of sp³-hybridized carbons (Fsp3) is 1.00. The number of hydrogen-bond donors (Lipinski definition) is 6. The number of aliphatic hydroxyl groups excluding tert-OH is 3. The Bertz CT molecular complexity index is 931. The summed E-state index contributed by atoms with van der Waals surface area (Å²) in [5.41, 5.74) is -4.08. The number of piperidine rings is 2. The minimum Gasteiger partial charge on any atom is -0.390 e. The van der Waals surface area contributed by atoms with Gasteiger partial charge in [-0.2, -0.15) is 0 Å². The largest absolute Gasteiger partial charge is 0.390 e. The lowest BCUT2D eigenvalue weighted by Crippen LogP contribution is -2.76. The molecule has 15 atom stereocenters. The van der Waals surface area contributed by atoms with Crippen molar-refractivity contribution in [2.45, 2.75) is 113 Å². The summed E-state index contributed by atoms with van der Waals surface area (Å²) in [6, 6.07) is -0.0745. The Morgan fingerprint density at radius 3 is 2.34 bits per heavy atom. The molecule has 4 bridgehead atoms. The van der Waals surface area contributed by atoms with E-state index in [1.807, 2.05) is 6.92 Å². The molecule has 4 saturated carbocycles. The Hall–Kier alpha value is -0.320. The summed E-state index contributed by atoms with van der Waals surface area (Å²) >= 11 is 0. The van der Waals surface area contributed by atoms with Crippen LogP contribution >= 0.6 is 0 Å². The van der Waals surface area contributed by atoms with Gasteiger partial charge in [-0.05, 0) is 69.6 Å². The molecule has 0 amide bonds. The molecular formula is C27H43NO7. The van der Waals surface area contributed by atoms with E-state index in [0.29, 0.717) is 44.6 Å². The molecule has 0 aromatic rings. The molecule has 1 spiro atoms. The van der Waals surface area contributed by atoms with Gasteiger partial charge in [-0.25, -0.2) is 0 Å². The van der Waals surface area contributed by atoms with Gasteiger partial charge in [0.05, 0.1) is 17.3 Å². The van der Waals surface area contributed by atoms with Crippen molar-refractivity contribution in [2.24, 2.45) is 40.9 Å². The Labute approximate surface area is 207 Å². The Balaban J connectivity index is 1.35. The van der Waals surface area contributed by atoms with Crippen LogP contribution in [0.5, 0.6) is 0 Å². The first-order chi connectivity index (χ1) is 16.3. The molecule has 6 N–H and O–H groups in total. The van der Waals surface area contributed by atoms with Crippen molar-refractivity contribution in [3.63, 3.8) is 0 Å². The maximum atomic E-state index is 12.5. The molecule has 8 heteroatoms. The van der Waals surface area contributed by atoms with Gasteiger partial charge in [0, 0.05) is 42.3 Å². The lowest BCUT2D eigenvalue weighted by atomic mass is 9.49. The van der Waals surface area contributed by atoms with E-state index >= 15 is 0 Å². The van der Waals surface area contributed by atoms with E-state index in [9.17, 15) is 30.6 Å². The number of fused-ring (bicyclic) bond motifs is 5. The Morgan fingerprint density at radius 1 is 0.886 bits per heavy atom. The average Bonchev–Trinajstić information content (AvgIpc) is 3.04. The summed E-state index contributed by atoms with van der Waals surface area (Å²) in [6.07, 6.45) is 1.05. The first-order valence-electron chi connectivity index (χ1n) is 14.0. The lowest BCUT2D eigenvalue weighted by molar-refractivity contribution is -0.290. The molecule has 8 nitrogen and oxygen atoms in total. The molecule has 198 valence electrons. The van der Waals surface area contributed by atoms with Gasteiger partial charge in [0.2, 0.25) is 0 Å². The van der Waals surface area contributed by atoms with Crippen molar-refractivity contribution in [3.8, 4) is 0 Å². The van der Waals surface area contributed by atoms with E-state index in [4.69, 9.17) is 4.74 Å². The van der Waals surface area contributed by atoms with Crippen LogP contribution in [0.4, 0.5) is 0 Å². The van der Waals surface area contributed by atoms with Crippen LogP contribution in [0.1, 0.15) is 65.7 Å². The van der Waals surface area contributed by atoms with Gasteiger partial charge in [0.25, 0.3) is 0 Å². The Morgan fingerprint density at radius 2 is 1.60 bits per heavy atom. The van der Waals surface area contributed by atoms with E-state index in [1.165, 1.54) is 0 Å². The van der Waals surface area contributed by atoms with Crippen molar-refractivity contribution >= 4 is 0 Å². The highest BCUT2D eigenvalue weighted by atomic mass is 16.7. The molecule has 0 aromatic heterocycles. The summed E-state index contributed by atoms with van der Waals surface area (Å²) < 4.78 is 6.60. The molecule has 7 aliphatic rings. The fourth-order valence-corrected chi connectivity index (χ4v) is 11.4. The highest BCUT2D eigenvalue weighted by molar-refractivity contribution is 5.31. The molecular weight excluding hydrogens is 450 g/mol. The predicted molar refractivity (Wildman–Crippen MR) is 125 cm³/mol. The molecule has 7 rings (SSSR count). The number of nitrogens with zero attached hydrogens (tertiary/aromatic N) is 1. The van der Waals surface area contributed by atoms with Crippen molar-refractivity contribution in [3.05, 3.63) is 0 Å². The molecule has 0 aromatic carbocycles. The summed E-state index contributed by atoms with van der Waals surface area (Å²) in [7, 11) is 0. The zero-order valence-electron chi connectivity index (χ0n) is 21.2. The normalized spacial score (nSPS) is 67.5. The monoisotopic (exact) mass is 493 g/mol. The fourth-order valence-electron chi connectivity index (χ4n) is 11.4. The first-order valence-corrected chi connectivity index (χ1v) is 14.0. The standard InChI is InChI=1S/C27H43NO7/c1-13-4-7-18-24(3,32)20-14(12-28(18)11-13)15-10-25-17(26(15,33)22(31)21(20)30)6-5-16-23(25,2)9-8-19(29)27(16,34)35-25/h13-22,29-34H,4-12H2,1-3H3/t13-,14-,15-,16-,17+,18-,19-,20+,21+,22-,23-,24+,25+,26-,27-/m0/s1. The molecule has 0 unspecified atom stereocenters. The third kappa shape index (κ3) is 2.44. The van der Waals surface area contributed by atoms with E-state index in [2.05, 4.69) is 18.7 Å². The minimum absolute atomic E-state index is 0.0745. The van der Waals surface area contributed by atoms with Crippen molar-refractivity contribution in [2.75, 3.05) is 13.1 Å². The lowest BCUT2D eigenvalue weighted by Gasteiger charge is -2.63. The van der Waals surface area contributed by atoms with E-state index in [-0.39, 0.29) is 23.8 Å². The maximum Gasteiger partial charge on any atom is 0.196 e. The van der Waals surface area contributed by atoms with Crippen LogP contribution in [0.15, 0.2) is 0 Å². The number of ether oxygens (including phenoxy) is 1. The topological polar surface area (TPSA) is 134 Å². The first kappa shape index (κ1) is 23.8. The predicted octanol–water partition coefficient (Wildman–Crippen LogP) is 0.215. The summed E-state index contributed by atoms with van der Waals surface area (Å²) in [5, 5.41) is 69.9. The summed E-state index contributed by atoms with van der Waals surface area (Å²) in [6.45, 7) is 7.73. The highest BCUT2D eigenvalue weighted by Crippen LogP contribution is 2.76. The smallest absolute Gasteiger partial charge is 0.196 e. The zero-order valence-corrected chi connectivity index (χ0v) is 21.2. The van der Waals surface area contributed by atoms with Gasteiger partial charge in [-0.3, -0.25) is 4.90 Å². The van der Waals surface area contributed by atoms with Gasteiger partial charge in [-0.1, -0.05) is 13.8 Å². The molecule has 7 fully saturated rings. The van der Waals surface area contributed by atoms with Gasteiger partial charge in [-0.15, -0.1) is 0 Å². The van der Waals surface area contributed by atoms with Crippen LogP contribution in [-0.2, 0) is 4.74 Å². The minimum atomic E-state index is -1.64. The molecule has 3 aliphatic heterocycles. The van der Waals surface area contributed by atoms with Crippen LogP contribution < -0.4 is 0 Å². The number of aliphatic hydroxyl groups is 6. The molecule has 0 radical (unpaired) electrons. The number of rotatable bonds is 0. The summed E-state index contributed by atoms with van der Waals surface area (Å²) in [5.74, 6) is -2.93. The zero-order chi connectivity index (χ0) is 24.9. The van der Waals surface area contributed by atoms with Crippen molar-refractivity contribution in [1.29, 1.82) is 0 Å². The van der Waals surface area contributed by atoms with E-state index in [0.717, 1.165) is 19.4 Å². The van der Waals surface area contributed by atoms with Gasteiger partial charge < -0.3 is 35.4 Å². The number of hydrogen-bond acceptors (Lipinski definition) is 8. The van der Waals surface area contributed by atoms with E-state index < -0.39 is 58.2 Å². The average molecular weight is 494 g/mol. The highest BCUT2D eigenvalue weighted by Gasteiger charge is 2.84. The second-order valence-electron chi connectivity index (χ2n) is 14.1. The van der Waals surface area contributed by atoms with Gasteiger partial charge in [0.1, 0.15) is 17.8 Å².